The summed E-state index contributed by atoms with van der Waals surface area (Å²) in [5, 5.41) is 15.8. The van der Waals surface area contributed by atoms with E-state index in [0.717, 1.165) is 22.6 Å². The molecule has 1 atom stereocenters. The number of thioether (sulfide) groups is 1. The second-order valence-corrected chi connectivity index (χ2v) is 9.63. The summed E-state index contributed by atoms with van der Waals surface area (Å²) in [6.07, 6.45) is 0.293. The van der Waals surface area contributed by atoms with Gasteiger partial charge in [-0.15, -0.1) is 11.8 Å². The van der Waals surface area contributed by atoms with Gasteiger partial charge in [0, 0.05) is 11.0 Å². The molecule has 0 aliphatic carbocycles. The average Bonchev–Trinajstić information content (AvgIpc) is 2.84. The Kier molecular flexibility index (Phi) is 12.4. The molecule has 2 N–H and O–H groups in total. The third kappa shape index (κ3) is 10.0. The van der Waals surface area contributed by atoms with E-state index in [1.807, 2.05) is 24.3 Å². The Labute approximate surface area is 241 Å². The number of carboxylic acid groups (broad SMARTS) is 1. The van der Waals surface area contributed by atoms with Gasteiger partial charge in [-0.2, -0.15) is 0 Å². The molecule has 0 bridgehead atoms. The normalized spacial score (nSPS) is 11.4. The van der Waals surface area contributed by atoms with E-state index in [9.17, 15) is 23.5 Å². The predicted octanol–water partition coefficient (Wildman–Crippen LogP) is 1.75. The molecule has 1 unspecified atom stereocenters. The van der Waals surface area contributed by atoms with Gasteiger partial charge in [-0.1, -0.05) is 38.1 Å². The van der Waals surface area contributed by atoms with E-state index < -0.39 is 28.9 Å². The fourth-order valence-electron chi connectivity index (χ4n) is 3.30. The van der Waals surface area contributed by atoms with Gasteiger partial charge in [0.1, 0.15) is 24.0 Å². The maximum Gasteiger partial charge on any atom is 1.00 e. The first-order valence-electron chi connectivity index (χ1n) is 11.4. The summed E-state index contributed by atoms with van der Waals surface area (Å²) < 4.78 is 32.1. The number of carbonyl (C=O) groups excluding carboxylic acids is 2. The molecule has 3 rings (SSSR count). The number of urea groups is 1. The van der Waals surface area contributed by atoms with Crippen LogP contribution < -0.4 is 50.0 Å². The largest absolute Gasteiger partial charge is 1.00 e. The first kappa shape index (κ1) is 30.6. The van der Waals surface area contributed by atoms with Gasteiger partial charge in [-0.3, -0.25) is 0 Å². The quantitative estimate of drug-likeness (QED) is 0.222. The minimum Gasteiger partial charge on any atom is -0.549 e. The Morgan fingerprint density at radius 2 is 1.68 bits per heavy atom. The molecule has 0 spiro atoms. The molecule has 3 aromatic carbocycles. The van der Waals surface area contributed by atoms with E-state index >= 15 is 0 Å². The Bertz CT molecular complexity index is 1180. The van der Waals surface area contributed by atoms with Gasteiger partial charge in [0.15, 0.2) is 0 Å². The molecule has 3 aromatic rings. The van der Waals surface area contributed by atoms with Crippen molar-refractivity contribution in [2.45, 2.75) is 36.3 Å². The molecule has 0 radical (unpaired) electrons. The molecule has 10 heteroatoms. The zero-order valence-electron chi connectivity index (χ0n) is 20.9. The van der Waals surface area contributed by atoms with Gasteiger partial charge in [0.2, 0.25) is 0 Å². The van der Waals surface area contributed by atoms with Crippen molar-refractivity contribution in [2.24, 2.45) is 0 Å². The summed E-state index contributed by atoms with van der Waals surface area (Å²) >= 11 is 1.26. The van der Waals surface area contributed by atoms with Crippen LogP contribution in [-0.4, -0.2) is 30.4 Å². The van der Waals surface area contributed by atoms with Gasteiger partial charge < -0.3 is 25.3 Å². The molecule has 190 valence electrons. The third-order valence-corrected chi connectivity index (χ3v) is 6.46. The van der Waals surface area contributed by atoms with Crippen molar-refractivity contribution in [3.8, 4) is 5.75 Å². The molecule has 0 aromatic heterocycles. The number of carbonyl (C=O) groups is 2. The van der Waals surface area contributed by atoms with Crippen LogP contribution in [0.25, 0.3) is 0 Å². The Morgan fingerprint density at radius 1 is 1.00 bits per heavy atom. The number of halogens is 2. The molecule has 37 heavy (non-hydrogen) atoms. The first-order chi connectivity index (χ1) is 17.2. The molecular weight excluding hydrogens is 509 g/mol. The van der Waals surface area contributed by atoms with Crippen molar-refractivity contribution < 1.29 is 57.8 Å². The van der Waals surface area contributed by atoms with Crippen LogP contribution in [0.5, 0.6) is 5.75 Å². The SMILES string of the molecule is CC(C)c1ccc(SC(Cc2ccc(OCCNC(=O)Nc3ccc(F)cc3F)cc2)C(=O)[O-])cc1.[Na+]. The van der Waals surface area contributed by atoms with Crippen molar-refractivity contribution >= 4 is 29.4 Å². The zero-order chi connectivity index (χ0) is 26.1. The number of aliphatic carboxylic acids is 1. The van der Waals surface area contributed by atoms with Gasteiger partial charge >= 0.3 is 35.6 Å². The fraction of sp³-hybridized carbons (Fsp3) is 0.259. The van der Waals surface area contributed by atoms with Crippen LogP contribution in [0.1, 0.15) is 30.9 Å². The number of nitrogens with one attached hydrogen (secondary N) is 2. The number of rotatable bonds is 11. The number of carboxylic acids is 1. The summed E-state index contributed by atoms with van der Waals surface area (Å²) in [6.45, 7) is 4.51. The number of hydrogen-bond acceptors (Lipinski definition) is 5. The van der Waals surface area contributed by atoms with Gasteiger partial charge in [-0.25, -0.2) is 13.6 Å². The van der Waals surface area contributed by atoms with Crippen molar-refractivity contribution in [3.63, 3.8) is 0 Å². The van der Waals surface area contributed by atoms with Crippen molar-refractivity contribution in [2.75, 3.05) is 18.5 Å². The van der Waals surface area contributed by atoms with Crippen molar-refractivity contribution in [1.82, 2.24) is 5.32 Å². The first-order valence-corrected chi connectivity index (χ1v) is 12.3. The van der Waals surface area contributed by atoms with Gasteiger partial charge in [0.25, 0.3) is 0 Å². The smallest absolute Gasteiger partial charge is 0.549 e. The Balaban J connectivity index is 0.00000481. The second-order valence-electron chi connectivity index (χ2n) is 8.35. The average molecular weight is 537 g/mol. The third-order valence-electron chi connectivity index (χ3n) is 5.27. The van der Waals surface area contributed by atoms with E-state index in [1.54, 1.807) is 24.3 Å². The van der Waals surface area contributed by atoms with Crippen LogP contribution in [0.4, 0.5) is 19.3 Å². The topological polar surface area (TPSA) is 90.5 Å². The monoisotopic (exact) mass is 536 g/mol. The number of benzene rings is 3. The van der Waals surface area contributed by atoms with Crippen LogP contribution in [0.15, 0.2) is 71.6 Å². The molecule has 2 amide bonds. The number of ether oxygens (including phenoxy) is 1. The second kappa shape index (κ2) is 15.0. The van der Waals surface area contributed by atoms with Crippen LogP contribution in [0.3, 0.4) is 0 Å². The Morgan fingerprint density at radius 3 is 2.27 bits per heavy atom. The number of anilines is 1. The molecule has 0 heterocycles. The van der Waals surface area contributed by atoms with Crippen LogP contribution in [-0.2, 0) is 11.2 Å². The van der Waals surface area contributed by atoms with Gasteiger partial charge in [-0.05, 0) is 59.9 Å². The van der Waals surface area contributed by atoms with E-state index in [4.69, 9.17) is 4.74 Å². The standard InChI is InChI=1S/C27H28F2N2O4S.Na/c1-17(2)19-5-10-22(11-6-19)36-25(26(32)33)15-18-3-8-21(9-4-18)35-14-13-30-27(34)31-24-12-7-20(28)16-23(24)29;/h3-12,16-17,25H,13-15H2,1-2H3,(H,32,33)(H2,30,31,34);/q;+1/p-1. The molecule has 0 aliphatic rings. The maximum absolute atomic E-state index is 13.6. The summed E-state index contributed by atoms with van der Waals surface area (Å²) in [4.78, 5) is 24.4. The minimum absolute atomic E-state index is 0. The van der Waals surface area contributed by atoms with Crippen molar-refractivity contribution in [1.29, 1.82) is 0 Å². The Hall–Kier alpha value is -2.59. The number of hydrogen-bond donors (Lipinski definition) is 2. The summed E-state index contributed by atoms with van der Waals surface area (Å²) in [6, 6.07) is 17.1. The van der Waals surface area contributed by atoms with E-state index in [-0.39, 0.29) is 48.4 Å². The van der Waals surface area contributed by atoms with Crippen LogP contribution >= 0.6 is 11.8 Å². The molecule has 0 saturated carbocycles. The molecule has 0 aliphatic heterocycles. The minimum atomic E-state index is -1.13. The maximum atomic E-state index is 13.6. The summed E-state index contributed by atoms with van der Waals surface area (Å²) in [5.74, 6) is -1.78. The summed E-state index contributed by atoms with van der Waals surface area (Å²) in [5.41, 5.74) is 1.88. The zero-order valence-corrected chi connectivity index (χ0v) is 23.7. The van der Waals surface area contributed by atoms with E-state index in [1.165, 1.54) is 17.3 Å². The molecule has 6 nitrogen and oxygen atoms in total. The molecule has 0 saturated heterocycles. The molecular formula is C27H27F2N2NaO4S. The van der Waals surface area contributed by atoms with Crippen LogP contribution in [0, 0.1) is 11.6 Å². The van der Waals surface area contributed by atoms with Gasteiger partial charge in [0.05, 0.1) is 23.5 Å². The predicted molar refractivity (Wildman–Crippen MR) is 134 cm³/mol. The van der Waals surface area contributed by atoms with Crippen LogP contribution in [0.2, 0.25) is 0 Å². The van der Waals surface area contributed by atoms with E-state index in [0.29, 0.717) is 24.2 Å². The fourth-order valence-corrected chi connectivity index (χ4v) is 4.29. The van der Waals surface area contributed by atoms with E-state index in [2.05, 4.69) is 24.5 Å². The summed E-state index contributed by atoms with van der Waals surface area (Å²) in [7, 11) is 0. The molecule has 0 fully saturated rings. The van der Waals surface area contributed by atoms with Crippen molar-refractivity contribution in [3.05, 3.63) is 89.5 Å². The number of amides is 2.